The summed E-state index contributed by atoms with van der Waals surface area (Å²) in [6.45, 7) is 7.23. The zero-order valence-corrected chi connectivity index (χ0v) is 28.1. The Balaban J connectivity index is 1.30. The quantitative estimate of drug-likeness (QED) is 0.348. The SMILES string of the molecule is C[C@@H]1[C@@H]([Si](C)(C)O)[C@H](CC(=O)N2Cc3ccccc3C[C@H]2CO)O[C@@]12C(=O)N(c1ccccc1)c1ccc(N3CCNCC3=O)cc12. The van der Waals surface area contributed by atoms with Crippen molar-refractivity contribution in [1.29, 1.82) is 0 Å². The van der Waals surface area contributed by atoms with Crippen molar-refractivity contribution >= 4 is 43.1 Å². The molecule has 4 aliphatic rings. The van der Waals surface area contributed by atoms with E-state index in [1.807, 2.05) is 92.8 Å². The monoisotopic (exact) mass is 654 g/mol. The van der Waals surface area contributed by atoms with Crippen LogP contribution in [0.3, 0.4) is 0 Å². The number of carbonyl (C=O) groups excluding carboxylic acids is 3. The number of para-hydroxylation sites is 1. The summed E-state index contributed by atoms with van der Waals surface area (Å²) in [5.41, 5.74) is 2.91. The third-order valence-electron chi connectivity index (χ3n) is 10.6. The number of amides is 3. The van der Waals surface area contributed by atoms with Crippen LogP contribution in [0.15, 0.2) is 72.8 Å². The van der Waals surface area contributed by atoms with Crippen LogP contribution in [0.2, 0.25) is 18.6 Å². The van der Waals surface area contributed by atoms with Gasteiger partial charge in [-0.1, -0.05) is 49.4 Å². The molecule has 4 aliphatic heterocycles. The second kappa shape index (κ2) is 12.0. The van der Waals surface area contributed by atoms with Gasteiger partial charge < -0.3 is 29.8 Å². The Hall–Kier alpha value is -3.87. The predicted molar refractivity (Wildman–Crippen MR) is 181 cm³/mol. The van der Waals surface area contributed by atoms with E-state index in [2.05, 4.69) is 5.32 Å². The Labute approximate surface area is 276 Å². The number of piperazine rings is 1. The van der Waals surface area contributed by atoms with E-state index in [9.17, 15) is 24.3 Å². The largest absolute Gasteiger partial charge is 0.432 e. The van der Waals surface area contributed by atoms with Gasteiger partial charge in [0.25, 0.3) is 5.91 Å². The minimum absolute atomic E-state index is 0.0314. The van der Waals surface area contributed by atoms with Gasteiger partial charge >= 0.3 is 0 Å². The molecule has 5 atom stereocenters. The standard InChI is InChI=1S/C36H42N4O6Si/c1-23-34(47(2,3)45)31(19-32(42)39-21-25-10-8-7-9-24(25)17-28(39)22-41)46-36(23)29-18-27(38-16-15-37-20-33(38)43)13-14-30(29)40(35(36)44)26-11-5-4-6-12-26/h4-14,18,23,28,31,34,37,41,45H,15-17,19-22H2,1-3H3/t23-,28+,31+,34-,36+/m1/s1. The van der Waals surface area contributed by atoms with E-state index in [4.69, 9.17) is 4.74 Å². The van der Waals surface area contributed by atoms with Crippen LogP contribution >= 0.6 is 0 Å². The lowest BCUT2D eigenvalue weighted by atomic mass is 9.82. The van der Waals surface area contributed by atoms with Crippen molar-refractivity contribution in [2.75, 3.05) is 36.0 Å². The van der Waals surface area contributed by atoms with E-state index in [-0.39, 0.29) is 43.3 Å². The van der Waals surface area contributed by atoms with E-state index in [0.29, 0.717) is 48.7 Å². The van der Waals surface area contributed by atoms with Crippen LogP contribution in [0.5, 0.6) is 0 Å². The highest BCUT2D eigenvalue weighted by Gasteiger charge is 2.67. The van der Waals surface area contributed by atoms with Crippen molar-refractivity contribution in [3.63, 3.8) is 0 Å². The molecule has 0 aromatic heterocycles. The van der Waals surface area contributed by atoms with Crippen molar-refractivity contribution in [3.8, 4) is 0 Å². The zero-order chi connectivity index (χ0) is 33.1. The van der Waals surface area contributed by atoms with Crippen LogP contribution < -0.4 is 15.1 Å². The molecule has 0 saturated carbocycles. The first-order valence-electron chi connectivity index (χ1n) is 16.5. The first-order chi connectivity index (χ1) is 22.5. The van der Waals surface area contributed by atoms with Crippen LogP contribution in [0.4, 0.5) is 17.1 Å². The number of benzene rings is 3. The number of fused-ring (bicyclic) bond motifs is 3. The van der Waals surface area contributed by atoms with Crippen molar-refractivity contribution in [1.82, 2.24) is 10.2 Å². The molecule has 3 amide bonds. The molecule has 1 spiro atoms. The number of hydrogen-bond acceptors (Lipinski definition) is 7. The fraction of sp³-hybridized carbons (Fsp3) is 0.417. The Morgan fingerprint density at radius 1 is 1.02 bits per heavy atom. The maximum Gasteiger partial charge on any atom is 0.268 e. The highest BCUT2D eigenvalue weighted by atomic mass is 28.4. The van der Waals surface area contributed by atoms with Gasteiger partial charge in [-0.25, -0.2) is 0 Å². The van der Waals surface area contributed by atoms with Crippen molar-refractivity contribution < 1.29 is 29.0 Å². The Morgan fingerprint density at radius 3 is 2.45 bits per heavy atom. The lowest BCUT2D eigenvalue weighted by Gasteiger charge is -2.37. The molecule has 0 radical (unpaired) electrons. The average Bonchev–Trinajstić information content (AvgIpc) is 3.50. The number of rotatable bonds is 6. The second-order valence-electron chi connectivity index (χ2n) is 13.8. The number of aliphatic hydroxyl groups excluding tert-OH is 1. The lowest BCUT2D eigenvalue weighted by Crippen LogP contribution is -2.48. The summed E-state index contributed by atoms with van der Waals surface area (Å²) in [5.74, 6) is -0.978. The second-order valence-corrected chi connectivity index (χ2v) is 17.8. The van der Waals surface area contributed by atoms with Crippen molar-refractivity contribution in [2.45, 2.75) is 62.7 Å². The summed E-state index contributed by atoms with van der Waals surface area (Å²) < 4.78 is 6.98. The van der Waals surface area contributed by atoms with E-state index < -0.39 is 31.5 Å². The molecule has 11 heteroatoms. The van der Waals surface area contributed by atoms with E-state index in [1.54, 1.807) is 14.7 Å². The molecule has 0 aliphatic carbocycles. The van der Waals surface area contributed by atoms with Crippen LogP contribution in [0.25, 0.3) is 0 Å². The van der Waals surface area contributed by atoms with Gasteiger partial charge in [-0.05, 0) is 61.0 Å². The molecule has 3 aromatic carbocycles. The number of anilines is 3. The molecule has 7 rings (SSSR count). The lowest BCUT2D eigenvalue weighted by molar-refractivity contribution is -0.150. The van der Waals surface area contributed by atoms with Gasteiger partial charge in [0.1, 0.15) is 0 Å². The number of carbonyl (C=O) groups is 3. The van der Waals surface area contributed by atoms with Gasteiger partial charge in [0.05, 0.1) is 37.4 Å². The first-order valence-corrected chi connectivity index (χ1v) is 19.5. The van der Waals surface area contributed by atoms with Crippen LogP contribution in [0, 0.1) is 5.92 Å². The zero-order valence-electron chi connectivity index (χ0n) is 27.1. The highest BCUT2D eigenvalue weighted by molar-refractivity contribution is 6.71. The van der Waals surface area contributed by atoms with Gasteiger partial charge in [-0.3, -0.25) is 19.3 Å². The number of aliphatic hydroxyl groups is 1. The van der Waals surface area contributed by atoms with Crippen molar-refractivity contribution in [3.05, 3.63) is 89.5 Å². The summed E-state index contributed by atoms with van der Waals surface area (Å²) >= 11 is 0. The molecular weight excluding hydrogens is 613 g/mol. The minimum atomic E-state index is -3.04. The van der Waals surface area contributed by atoms with Crippen LogP contribution in [-0.4, -0.2) is 79.2 Å². The topological polar surface area (TPSA) is 123 Å². The van der Waals surface area contributed by atoms with Crippen LogP contribution in [0.1, 0.15) is 30.0 Å². The number of ether oxygens (including phenoxy) is 1. The van der Waals surface area contributed by atoms with Crippen LogP contribution in [-0.2, 0) is 37.7 Å². The summed E-state index contributed by atoms with van der Waals surface area (Å²) in [6, 6.07) is 22.6. The van der Waals surface area contributed by atoms with Gasteiger partial charge in [0.2, 0.25) is 11.8 Å². The molecule has 246 valence electrons. The molecule has 0 unspecified atom stereocenters. The molecule has 47 heavy (non-hydrogen) atoms. The minimum Gasteiger partial charge on any atom is -0.432 e. The third kappa shape index (κ3) is 5.21. The number of nitrogens with zero attached hydrogens (tertiary/aromatic N) is 3. The third-order valence-corrected chi connectivity index (χ3v) is 13.1. The normalized spacial score (nSPS) is 27.4. The smallest absolute Gasteiger partial charge is 0.268 e. The molecule has 3 N–H and O–H groups in total. The van der Waals surface area contributed by atoms with E-state index >= 15 is 0 Å². The fourth-order valence-electron chi connectivity index (χ4n) is 8.40. The fourth-order valence-corrected chi connectivity index (χ4v) is 11.0. The van der Waals surface area contributed by atoms with Gasteiger partial charge in [-0.15, -0.1) is 0 Å². The average molecular weight is 655 g/mol. The van der Waals surface area contributed by atoms with Gasteiger partial charge in [0.15, 0.2) is 13.9 Å². The maximum atomic E-state index is 14.9. The molecule has 4 heterocycles. The Morgan fingerprint density at radius 2 is 1.74 bits per heavy atom. The molecule has 10 nitrogen and oxygen atoms in total. The van der Waals surface area contributed by atoms with E-state index in [0.717, 1.165) is 11.1 Å². The summed E-state index contributed by atoms with van der Waals surface area (Å²) in [6.07, 6.45) is -0.215. The first kappa shape index (κ1) is 31.7. The molecule has 3 aromatic rings. The Bertz CT molecular complexity index is 1710. The molecule has 2 fully saturated rings. The maximum absolute atomic E-state index is 14.9. The highest BCUT2D eigenvalue weighted by Crippen LogP contribution is 2.61. The summed E-state index contributed by atoms with van der Waals surface area (Å²) in [7, 11) is -3.04. The van der Waals surface area contributed by atoms with E-state index in [1.165, 1.54) is 0 Å². The van der Waals surface area contributed by atoms with Crippen molar-refractivity contribution in [2.24, 2.45) is 5.92 Å². The number of hydrogen-bond donors (Lipinski definition) is 3. The van der Waals surface area contributed by atoms with Gasteiger partial charge in [-0.2, -0.15) is 0 Å². The summed E-state index contributed by atoms with van der Waals surface area (Å²) in [4.78, 5) is 58.9. The number of nitrogens with one attached hydrogen (secondary N) is 1. The molecule has 2 saturated heterocycles. The summed E-state index contributed by atoms with van der Waals surface area (Å²) in [5, 5.41) is 13.4. The van der Waals surface area contributed by atoms with Gasteiger partial charge in [0, 0.05) is 48.0 Å². The molecular formula is C36H42N4O6Si. The Kier molecular flexibility index (Phi) is 8.08. The predicted octanol–water partition coefficient (Wildman–Crippen LogP) is 3.43. The molecule has 0 bridgehead atoms.